The number of nitrogens with zero attached hydrogens (tertiary/aromatic N) is 3. The molecule has 2 aromatic heterocycles. The van der Waals surface area contributed by atoms with Gasteiger partial charge in [0, 0.05) is 0 Å². The highest BCUT2D eigenvalue weighted by Gasteiger charge is 2.16. The number of aromatic nitrogens is 3. The summed E-state index contributed by atoms with van der Waals surface area (Å²) in [7, 11) is 0. The van der Waals surface area contributed by atoms with E-state index in [9.17, 15) is 9.18 Å². The maximum atomic E-state index is 12.9. The van der Waals surface area contributed by atoms with E-state index in [1.54, 1.807) is 24.3 Å². The van der Waals surface area contributed by atoms with Gasteiger partial charge in [0.05, 0.1) is 18.1 Å². The highest BCUT2D eigenvalue weighted by atomic mass is 32.2. The average molecular weight is 361 g/mol. The number of nitrogens with two attached hydrogens (primary N) is 1. The van der Waals surface area contributed by atoms with Crippen molar-refractivity contribution in [1.82, 2.24) is 20.2 Å². The molecule has 0 aliphatic heterocycles. The number of nitrogen functional groups attached to an aromatic ring is 1. The Balaban J connectivity index is 1.56. The summed E-state index contributed by atoms with van der Waals surface area (Å²) < 4.78 is 19.4. The van der Waals surface area contributed by atoms with Crippen LogP contribution in [0.2, 0.25) is 0 Å². The second-order valence-electron chi connectivity index (χ2n) is 5.28. The molecule has 2 heterocycles. The lowest BCUT2D eigenvalue weighted by Crippen LogP contribution is -2.28. The first-order chi connectivity index (χ1) is 12.0. The van der Waals surface area contributed by atoms with Gasteiger partial charge in [0.2, 0.25) is 16.9 Å². The number of furan rings is 1. The molecule has 0 radical (unpaired) electrons. The van der Waals surface area contributed by atoms with E-state index in [1.807, 2.05) is 6.92 Å². The van der Waals surface area contributed by atoms with E-state index in [4.69, 9.17) is 10.3 Å². The van der Waals surface area contributed by atoms with Crippen LogP contribution in [0.25, 0.3) is 11.6 Å². The Labute approximate surface area is 147 Å². The van der Waals surface area contributed by atoms with Gasteiger partial charge in [-0.3, -0.25) is 4.79 Å². The molecular weight excluding hydrogens is 345 g/mol. The molecule has 1 amide bonds. The zero-order valence-electron chi connectivity index (χ0n) is 13.3. The maximum Gasteiger partial charge on any atom is 0.230 e. The maximum absolute atomic E-state index is 12.9. The molecule has 0 fully saturated rings. The number of hydrogen-bond donors (Lipinski definition) is 2. The van der Waals surface area contributed by atoms with Crippen molar-refractivity contribution in [2.75, 3.05) is 11.6 Å². The van der Waals surface area contributed by atoms with Crippen LogP contribution < -0.4 is 11.2 Å². The van der Waals surface area contributed by atoms with Crippen molar-refractivity contribution in [3.8, 4) is 11.6 Å². The summed E-state index contributed by atoms with van der Waals surface area (Å²) >= 11 is 1.16. The fraction of sp³-hybridized carbons (Fsp3) is 0.188. The molecule has 1 aromatic carbocycles. The highest BCUT2D eigenvalue weighted by Crippen LogP contribution is 2.22. The second-order valence-corrected chi connectivity index (χ2v) is 6.23. The van der Waals surface area contributed by atoms with Gasteiger partial charge in [0.25, 0.3) is 0 Å². The lowest BCUT2D eigenvalue weighted by molar-refractivity contribution is -0.119. The smallest absolute Gasteiger partial charge is 0.230 e. The Morgan fingerprint density at radius 1 is 1.36 bits per heavy atom. The number of nitrogens with one attached hydrogen (secondary N) is 1. The van der Waals surface area contributed by atoms with Gasteiger partial charge in [-0.25, -0.2) is 9.07 Å². The van der Waals surface area contributed by atoms with Crippen LogP contribution in [0.3, 0.4) is 0 Å². The number of hydrogen-bond acceptors (Lipinski definition) is 6. The summed E-state index contributed by atoms with van der Waals surface area (Å²) in [6.45, 7) is 1.83. The molecule has 1 unspecified atom stereocenters. The van der Waals surface area contributed by atoms with Gasteiger partial charge in [0.15, 0.2) is 5.76 Å². The van der Waals surface area contributed by atoms with Gasteiger partial charge in [0.1, 0.15) is 5.82 Å². The van der Waals surface area contributed by atoms with E-state index in [-0.39, 0.29) is 23.5 Å². The first-order valence-electron chi connectivity index (χ1n) is 7.46. The number of amides is 1. The Bertz CT molecular complexity index is 848. The van der Waals surface area contributed by atoms with Crippen molar-refractivity contribution in [2.24, 2.45) is 0 Å². The Hall–Kier alpha value is -2.81. The molecule has 3 rings (SSSR count). The Kier molecular flexibility index (Phi) is 5.03. The minimum atomic E-state index is -0.313. The standard InChI is InChI=1S/C16H16FN5O2S/c1-10(11-4-6-12(17)7-5-11)19-14(23)9-25-16-21-20-15(22(16)18)13-3-2-8-24-13/h2-8,10H,9,18H2,1H3,(H,19,23). The number of rotatable bonds is 6. The molecule has 0 bridgehead atoms. The fourth-order valence-electron chi connectivity index (χ4n) is 2.20. The minimum Gasteiger partial charge on any atom is -0.461 e. The first kappa shape index (κ1) is 17.0. The van der Waals surface area contributed by atoms with Gasteiger partial charge in [-0.05, 0) is 36.8 Å². The third-order valence-corrected chi connectivity index (χ3v) is 4.43. The predicted octanol–water partition coefficient (Wildman–Crippen LogP) is 2.36. The number of carbonyl (C=O) groups is 1. The van der Waals surface area contributed by atoms with Crippen LogP contribution >= 0.6 is 11.8 Å². The number of carbonyl (C=O) groups excluding carboxylic acids is 1. The molecule has 1 atom stereocenters. The molecule has 25 heavy (non-hydrogen) atoms. The lowest BCUT2D eigenvalue weighted by Gasteiger charge is -2.14. The zero-order valence-corrected chi connectivity index (χ0v) is 14.2. The van der Waals surface area contributed by atoms with Crippen LogP contribution in [0.15, 0.2) is 52.2 Å². The van der Waals surface area contributed by atoms with Crippen molar-refractivity contribution in [3.05, 3.63) is 54.0 Å². The van der Waals surface area contributed by atoms with Crippen molar-refractivity contribution in [3.63, 3.8) is 0 Å². The van der Waals surface area contributed by atoms with Gasteiger partial charge >= 0.3 is 0 Å². The Morgan fingerprint density at radius 3 is 2.80 bits per heavy atom. The van der Waals surface area contributed by atoms with Gasteiger partial charge in [-0.2, -0.15) is 0 Å². The van der Waals surface area contributed by atoms with E-state index in [0.717, 1.165) is 17.3 Å². The second kappa shape index (κ2) is 7.39. The summed E-state index contributed by atoms with van der Waals surface area (Å²) in [5, 5.41) is 11.2. The van der Waals surface area contributed by atoms with Crippen molar-refractivity contribution in [1.29, 1.82) is 0 Å². The van der Waals surface area contributed by atoms with Crippen LogP contribution in [0, 0.1) is 5.82 Å². The Morgan fingerprint density at radius 2 is 2.12 bits per heavy atom. The summed E-state index contributed by atoms with van der Waals surface area (Å²) in [5.74, 6) is 6.43. The minimum absolute atomic E-state index is 0.124. The van der Waals surface area contributed by atoms with Crippen molar-refractivity contribution < 1.29 is 13.6 Å². The number of halogens is 1. The first-order valence-corrected chi connectivity index (χ1v) is 8.45. The molecule has 7 nitrogen and oxygen atoms in total. The van der Waals surface area contributed by atoms with Gasteiger partial charge < -0.3 is 15.6 Å². The van der Waals surface area contributed by atoms with Crippen LogP contribution in [0.1, 0.15) is 18.5 Å². The molecule has 3 N–H and O–H groups in total. The van der Waals surface area contributed by atoms with E-state index in [0.29, 0.717) is 16.7 Å². The monoisotopic (exact) mass is 361 g/mol. The van der Waals surface area contributed by atoms with E-state index in [1.165, 1.54) is 23.1 Å². The molecule has 0 spiro atoms. The summed E-state index contributed by atoms with van der Waals surface area (Å²) in [6.07, 6.45) is 1.51. The van der Waals surface area contributed by atoms with Crippen molar-refractivity contribution in [2.45, 2.75) is 18.1 Å². The molecule has 0 saturated carbocycles. The zero-order chi connectivity index (χ0) is 17.8. The lowest BCUT2D eigenvalue weighted by atomic mass is 10.1. The normalized spacial score (nSPS) is 12.1. The number of benzene rings is 1. The number of thioether (sulfide) groups is 1. The predicted molar refractivity (Wildman–Crippen MR) is 91.6 cm³/mol. The average Bonchev–Trinajstić information content (AvgIpc) is 3.23. The molecule has 130 valence electrons. The van der Waals surface area contributed by atoms with E-state index >= 15 is 0 Å². The summed E-state index contributed by atoms with van der Waals surface area (Å²) in [5.41, 5.74) is 0.821. The van der Waals surface area contributed by atoms with Crippen molar-refractivity contribution >= 4 is 17.7 Å². The quantitative estimate of drug-likeness (QED) is 0.516. The van der Waals surface area contributed by atoms with E-state index in [2.05, 4.69) is 15.5 Å². The van der Waals surface area contributed by atoms with Crippen LogP contribution in [0.5, 0.6) is 0 Å². The SMILES string of the molecule is CC(NC(=O)CSc1nnc(-c2ccco2)n1N)c1ccc(F)cc1. The molecule has 0 aliphatic rings. The van der Waals surface area contributed by atoms with Crippen LogP contribution in [0.4, 0.5) is 4.39 Å². The van der Waals surface area contributed by atoms with Crippen LogP contribution in [-0.4, -0.2) is 26.5 Å². The van der Waals surface area contributed by atoms with Crippen LogP contribution in [-0.2, 0) is 4.79 Å². The van der Waals surface area contributed by atoms with Gasteiger partial charge in [-0.1, -0.05) is 23.9 Å². The molecule has 9 heteroatoms. The fourth-order valence-corrected chi connectivity index (χ4v) is 2.86. The molecule has 0 aliphatic carbocycles. The molecule has 3 aromatic rings. The summed E-state index contributed by atoms with van der Waals surface area (Å²) in [4.78, 5) is 12.1. The third kappa shape index (κ3) is 4.00. The highest BCUT2D eigenvalue weighted by molar-refractivity contribution is 7.99. The molecular formula is C16H16FN5O2S. The van der Waals surface area contributed by atoms with E-state index < -0.39 is 0 Å². The topological polar surface area (TPSA) is 99.0 Å². The summed E-state index contributed by atoms with van der Waals surface area (Å²) in [6, 6.07) is 9.21. The largest absolute Gasteiger partial charge is 0.461 e. The third-order valence-electron chi connectivity index (χ3n) is 3.49. The van der Waals surface area contributed by atoms with Gasteiger partial charge in [-0.15, -0.1) is 10.2 Å². The molecule has 0 saturated heterocycles.